The van der Waals surface area contributed by atoms with E-state index in [1.807, 2.05) is 13.8 Å². The SMILES string of the molecule is CC(C)CCC(=O)c1ccc(-c2ccccc2C(=O)Nc2ccc(C(=N)N)cc2)c(C(=O)OS(C)(=O)=O)c1. The van der Waals surface area contributed by atoms with Crippen molar-refractivity contribution in [3.05, 3.63) is 89.0 Å². The van der Waals surface area contributed by atoms with E-state index in [0.717, 1.165) is 6.26 Å². The number of amidine groups is 1. The molecule has 3 aromatic rings. The molecule has 9 nitrogen and oxygen atoms in total. The van der Waals surface area contributed by atoms with Gasteiger partial charge in [0.05, 0.1) is 11.8 Å². The van der Waals surface area contributed by atoms with E-state index < -0.39 is 22.0 Å². The van der Waals surface area contributed by atoms with E-state index in [2.05, 4.69) is 9.50 Å². The molecule has 0 radical (unpaired) electrons. The van der Waals surface area contributed by atoms with Gasteiger partial charge in [-0.3, -0.25) is 15.0 Å². The van der Waals surface area contributed by atoms with Crippen LogP contribution >= 0.6 is 0 Å². The molecule has 0 saturated heterocycles. The lowest BCUT2D eigenvalue weighted by Gasteiger charge is -2.15. The van der Waals surface area contributed by atoms with Crippen LogP contribution in [0.25, 0.3) is 11.1 Å². The Balaban J connectivity index is 2.04. The highest BCUT2D eigenvalue weighted by molar-refractivity contribution is 7.86. The van der Waals surface area contributed by atoms with Gasteiger partial charge in [-0.05, 0) is 59.9 Å². The van der Waals surface area contributed by atoms with Gasteiger partial charge in [0, 0.05) is 28.8 Å². The van der Waals surface area contributed by atoms with E-state index in [4.69, 9.17) is 11.1 Å². The summed E-state index contributed by atoms with van der Waals surface area (Å²) < 4.78 is 28.1. The molecule has 1 amide bonds. The number of nitrogens with two attached hydrogens (primary N) is 1. The second-order valence-corrected chi connectivity index (χ2v) is 10.8. The second kappa shape index (κ2) is 11.8. The van der Waals surface area contributed by atoms with Crippen LogP contribution in [0.1, 0.15) is 63.3 Å². The van der Waals surface area contributed by atoms with Crippen LogP contribution in [0.5, 0.6) is 0 Å². The summed E-state index contributed by atoms with van der Waals surface area (Å²) in [5.74, 6) is -1.64. The first kappa shape index (κ1) is 28.3. The van der Waals surface area contributed by atoms with Gasteiger partial charge in [0.2, 0.25) is 0 Å². The Hall–Kier alpha value is -4.31. The quantitative estimate of drug-likeness (QED) is 0.148. The predicted molar refractivity (Wildman–Crippen MR) is 146 cm³/mol. The lowest BCUT2D eigenvalue weighted by molar-refractivity contribution is 0.0748. The molecule has 0 aliphatic heterocycles. The van der Waals surface area contributed by atoms with Crippen molar-refractivity contribution < 1.29 is 27.0 Å². The fraction of sp³-hybridized carbons (Fsp3) is 0.214. The van der Waals surface area contributed by atoms with Gasteiger partial charge in [-0.2, -0.15) is 8.42 Å². The van der Waals surface area contributed by atoms with E-state index >= 15 is 0 Å². The molecular weight excluding hydrogens is 506 g/mol. The van der Waals surface area contributed by atoms with Crippen LogP contribution in [-0.2, 0) is 14.3 Å². The first-order valence-electron chi connectivity index (χ1n) is 11.8. The van der Waals surface area contributed by atoms with Crippen molar-refractivity contribution in [2.75, 3.05) is 11.6 Å². The Morgan fingerprint density at radius 1 is 0.921 bits per heavy atom. The fourth-order valence-electron chi connectivity index (χ4n) is 3.72. The largest absolute Gasteiger partial charge is 0.384 e. The molecule has 0 bridgehead atoms. The van der Waals surface area contributed by atoms with Gasteiger partial charge in [0.15, 0.2) is 5.78 Å². The highest BCUT2D eigenvalue weighted by atomic mass is 32.2. The van der Waals surface area contributed by atoms with Gasteiger partial charge < -0.3 is 15.2 Å². The van der Waals surface area contributed by atoms with Gasteiger partial charge in [-0.1, -0.05) is 44.2 Å². The minimum Gasteiger partial charge on any atom is -0.384 e. The van der Waals surface area contributed by atoms with Crippen LogP contribution in [0.4, 0.5) is 5.69 Å². The van der Waals surface area contributed by atoms with E-state index in [0.29, 0.717) is 29.2 Å². The number of carbonyl (C=O) groups excluding carboxylic acids is 3. The van der Waals surface area contributed by atoms with Crippen LogP contribution < -0.4 is 11.1 Å². The van der Waals surface area contributed by atoms with Crippen molar-refractivity contribution in [1.29, 1.82) is 5.41 Å². The van der Waals surface area contributed by atoms with Crippen molar-refractivity contribution in [2.45, 2.75) is 26.7 Å². The molecule has 0 aliphatic rings. The highest BCUT2D eigenvalue weighted by Gasteiger charge is 2.23. The van der Waals surface area contributed by atoms with Gasteiger partial charge in [-0.15, -0.1) is 0 Å². The summed E-state index contributed by atoms with van der Waals surface area (Å²) in [6.07, 6.45) is 1.67. The standard InChI is InChI=1S/C28H29N3O6S/c1-17(2)8-15-25(32)19-11-14-22(24(16-19)28(34)37-38(3,35)36)21-6-4-5-7-23(21)27(33)31-20-12-9-18(10-13-20)26(29)30/h4-7,9-14,16-17H,8,15H2,1-3H3,(H3,29,30)(H,31,33). The van der Waals surface area contributed by atoms with Crippen molar-refractivity contribution in [2.24, 2.45) is 11.7 Å². The van der Waals surface area contributed by atoms with Crippen molar-refractivity contribution in [3.63, 3.8) is 0 Å². The molecule has 10 heteroatoms. The third-order valence-electron chi connectivity index (χ3n) is 5.65. The van der Waals surface area contributed by atoms with Gasteiger partial charge in [-0.25, -0.2) is 4.79 Å². The number of hydrogen-bond acceptors (Lipinski definition) is 7. The third kappa shape index (κ3) is 7.36. The zero-order chi connectivity index (χ0) is 28.0. The fourth-order valence-corrected chi connectivity index (χ4v) is 4.08. The van der Waals surface area contributed by atoms with E-state index in [-0.39, 0.29) is 40.3 Å². The van der Waals surface area contributed by atoms with E-state index in [1.165, 1.54) is 12.1 Å². The van der Waals surface area contributed by atoms with Crippen LogP contribution in [-0.4, -0.2) is 38.2 Å². The molecule has 0 unspecified atom stereocenters. The average Bonchev–Trinajstić information content (AvgIpc) is 2.86. The maximum Gasteiger partial charge on any atom is 0.354 e. The van der Waals surface area contributed by atoms with Crippen LogP contribution in [0.15, 0.2) is 66.7 Å². The number of rotatable bonds is 10. The summed E-state index contributed by atoms with van der Waals surface area (Å²) in [5.41, 5.74) is 7.29. The van der Waals surface area contributed by atoms with Crippen molar-refractivity contribution in [3.8, 4) is 11.1 Å². The van der Waals surface area contributed by atoms with Gasteiger partial charge in [0.1, 0.15) is 5.84 Å². The zero-order valence-electron chi connectivity index (χ0n) is 21.3. The number of nitrogen functional groups attached to an aromatic ring is 1. The summed E-state index contributed by atoms with van der Waals surface area (Å²) in [4.78, 5) is 38.9. The lowest BCUT2D eigenvalue weighted by Crippen LogP contribution is -2.16. The minimum absolute atomic E-state index is 0.104. The first-order chi connectivity index (χ1) is 17.9. The monoisotopic (exact) mass is 535 g/mol. The average molecular weight is 536 g/mol. The Kier molecular flexibility index (Phi) is 8.80. The topological polar surface area (TPSA) is 156 Å². The Morgan fingerprint density at radius 3 is 2.13 bits per heavy atom. The predicted octanol–water partition coefficient (Wildman–Crippen LogP) is 4.63. The maximum absolute atomic E-state index is 13.2. The van der Waals surface area contributed by atoms with E-state index in [9.17, 15) is 22.8 Å². The second-order valence-electron chi connectivity index (χ2n) is 9.18. The molecule has 3 aromatic carbocycles. The number of amides is 1. The number of carbonyl (C=O) groups is 3. The third-order valence-corrected chi connectivity index (χ3v) is 6.11. The maximum atomic E-state index is 13.2. The Labute approximate surface area is 221 Å². The number of anilines is 1. The first-order valence-corrected chi connectivity index (χ1v) is 13.6. The minimum atomic E-state index is -4.14. The molecular formula is C28H29N3O6S. The number of hydrogen-bond donors (Lipinski definition) is 3. The molecule has 0 aromatic heterocycles. The van der Waals surface area contributed by atoms with Gasteiger partial charge in [0.25, 0.3) is 5.91 Å². The summed E-state index contributed by atoms with van der Waals surface area (Å²) in [7, 11) is -4.14. The molecule has 198 valence electrons. The van der Waals surface area contributed by atoms with Crippen LogP contribution in [0.3, 0.4) is 0 Å². The highest BCUT2D eigenvalue weighted by Crippen LogP contribution is 2.30. The summed E-state index contributed by atoms with van der Waals surface area (Å²) in [6.45, 7) is 3.98. The molecule has 3 rings (SSSR count). The molecule has 0 spiro atoms. The van der Waals surface area contributed by atoms with Crippen molar-refractivity contribution >= 4 is 39.3 Å². The normalized spacial score (nSPS) is 11.2. The molecule has 4 N–H and O–H groups in total. The molecule has 0 aliphatic carbocycles. The van der Waals surface area contributed by atoms with Crippen molar-refractivity contribution in [1.82, 2.24) is 0 Å². The number of benzene rings is 3. The number of nitrogens with one attached hydrogen (secondary N) is 2. The van der Waals surface area contributed by atoms with Gasteiger partial charge >= 0.3 is 16.1 Å². The smallest absolute Gasteiger partial charge is 0.354 e. The molecule has 38 heavy (non-hydrogen) atoms. The zero-order valence-corrected chi connectivity index (χ0v) is 22.1. The number of Topliss-reactive ketones (excluding diaryl/α,β-unsaturated/α-hetero) is 1. The van der Waals surface area contributed by atoms with Crippen LogP contribution in [0.2, 0.25) is 0 Å². The Bertz CT molecular complexity index is 1500. The number of ketones is 1. The summed E-state index contributed by atoms with van der Waals surface area (Å²) in [6, 6.07) is 17.2. The molecule has 0 atom stereocenters. The van der Waals surface area contributed by atoms with E-state index in [1.54, 1.807) is 54.6 Å². The molecule has 0 saturated carbocycles. The summed E-state index contributed by atoms with van der Waals surface area (Å²) in [5, 5.41) is 10.3. The summed E-state index contributed by atoms with van der Waals surface area (Å²) >= 11 is 0. The Morgan fingerprint density at radius 2 is 1.53 bits per heavy atom. The molecule has 0 fully saturated rings. The molecule has 0 heterocycles. The van der Waals surface area contributed by atoms with Crippen LogP contribution in [0, 0.1) is 11.3 Å². The lowest BCUT2D eigenvalue weighted by atomic mass is 9.91.